The standard InChI is InChI=1S/C13H24BrNO3Si/c1-9(2)12(14)13(19(3,4)5)18-11(17)8-6-7-10(15)16/h13H,6-8H2,1-5H3,(H2,15,16). The molecular weight excluding hydrogens is 326 g/mol. The molecular formula is C13H24BrNO3Si. The van der Waals surface area contributed by atoms with Gasteiger partial charge in [0.1, 0.15) is 5.73 Å². The first-order valence-electron chi connectivity index (χ1n) is 6.36. The summed E-state index contributed by atoms with van der Waals surface area (Å²) in [6, 6.07) is 0. The van der Waals surface area contributed by atoms with Crippen LogP contribution < -0.4 is 5.73 Å². The highest BCUT2D eigenvalue weighted by Gasteiger charge is 2.33. The van der Waals surface area contributed by atoms with Crippen LogP contribution in [0.4, 0.5) is 0 Å². The number of allylic oxidation sites excluding steroid dienone is 1. The lowest BCUT2D eigenvalue weighted by Gasteiger charge is -2.29. The second-order valence-electron chi connectivity index (χ2n) is 5.90. The van der Waals surface area contributed by atoms with E-state index in [4.69, 9.17) is 10.5 Å². The molecule has 0 aromatic rings. The van der Waals surface area contributed by atoms with Crippen molar-refractivity contribution < 1.29 is 14.3 Å². The number of halogens is 1. The molecule has 0 saturated carbocycles. The van der Waals surface area contributed by atoms with Crippen molar-refractivity contribution in [3.05, 3.63) is 10.1 Å². The number of nitrogens with two attached hydrogens (primary N) is 1. The van der Waals surface area contributed by atoms with Gasteiger partial charge in [0.05, 0.1) is 8.07 Å². The maximum absolute atomic E-state index is 11.8. The molecule has 0 heterocycles. The van der Waals surface area contributed by atoms with Gasteiger partial charge in [-0.05, 0) is 20.3 Å². The minimum atomic E-state index is -1.68. The summed E-state index contributed by atoms with van der Waals surface area (Å²) in [6.45, 7) is 10.4. The van der Waals surface area contributed by atoms with Crippen LogP contribution in [-0.4, -0.2) is 25.7 Å². The van der Waals surface area contributed by atoms with Crippen LogP contribution in [0, 0.1) is 0 Å². The summed E-state index contributed by atoms with van der Waals surface area (Å²) < 4.78 is 6.54. The van der Waals surface area contributed by atoms with Gasteiger partial charge in [-0.3, -0.25) is 9.59 Å². The maximum Gasteiger partial charge on any atom is 0.306 e. The van der Waals surface area contributed by atoms with Crippen molar-refractivity contribution in [2.75, 3.05) is 0 Å². The molecule has 6 heteroatoms. The van der Waals surface area contributed by atoms with Crippen LogP contribution >= 0.6 is 15.9 Å². The van der Waals surface area contributed by atoms with Crippen LogP contribution in [0.3, 0.4) is 0 Å². The Morgan fingerprint density at radius 3 is 2.11 bits per heavy atom. The monoisotopic (exact) mass is 349 g/mol. The number of hydrogen-bond donors (Lipinski definition) is 1. The van der Waals surface area contributed by atoms with Gasteiger partial charge in [0.15, 0.2) is 0 Å². The van der Waals surface area contributed by atoms with Gasteiger partial charge in [0.25, 0.3) is 0 Å². The third kappa shape index (κ3) is 7.52. The fourth-order valence-corrected chi connectivity index (χ4v) is 5.16. The molecule has 2 N–H and O–H groups in total. The number of ether oxygens (including phenoxy) is 1. The molecule has 0 aromatic heterocycles. The molecule has 19 heavy (non-hydrogen) atoms. The first kappa shape index (κ1) is 18.4. The third-order valence-electron chi connectivity index (χ3n) is 2.55. The normalized spacial score (nSPS) is 12.7. The largest absolute Gasteiger partial charge is 0.461 e. The zero-order chi connectivity index (χ0) is 15.2. The summed E-state index contributed by atoms with van der Waals surface area (Å²) in [5.74, 6) is -0.660. The van der Waals surface area contributed by atoms with Crippen molar-refractivity contribution in [1.82, 2.24) is 0 Å². The Balaban J connectivity index is 4.64. The minimum Gasteiger partial charge on any atom is -0.461 e. The number of hydrogen-bond acceptors (Lipinski definition) is 3. The number of amides is 1. The molecule has 1 amide bonds. The first-order valence-corrected chi connectivity index (χ1v) is 10.7. The van der Waals surface area contributed by atoms with Crippen molar-refractivity contribution in [3.63, 3.8) is 0 Å². The summed E-state index contributed by atoms with van der Waals surface area (Å²) in [4.78, 5) is 22.4. The topological polar surface area (TPSA) is 69.4 Å². The van der Waals surface area contributed by atoms with Gasteiger partial charge in [-0.15, -0.1) is 0 Å². The van der Waals surface area contributed by atoms with Gasteiger partial charge in [-0.2, -0.15) is 0 Å². The van der Waals surface area contributed by atoms with E-state index in [0.717, 1.165) is 10.1 Å². The summed E-state index contributed by atoms with van der Waals surface area (Å²) in [5.41, 5.74) is 5.96. The third-order valence-corrected chi connectivity index (χ3v) is 6.16. The molecule has 0 saturated heterocycles. The number of esters is 1. The lowest BCUT2D eigenvalue weighted by molar-refractivity contribution is -0.144. The quantitative estimate of drug-likeness (QED) is 0.567. The highest BCUT2D eigenvalue weighted by Crippen LogP contribution is 2.27. The second-order valence-corrected chi connectivity index (χ2v) is 12.0. The van der Waals surface area contributed by atoms with E-state index < -0.39 is 8.07 Å². The van der Waals surface area contributed by atoms with E-state index in [2.05, 4.69) is 35.6 Å². The highest BCUT2D eigenvalue weighted by molar-refractivity contribution is 9.11. The molecule has 0 bridgehead atoms. The molecule has 0 rings (SSSR count). The van der Waals surface area contributed by atoms with Crippen LogP contribution in [0.5, 0.6) is 0 Å². The Kier molecular flexibility index (Phi) is 7.59. The predicted molar refractivity (Wildman–Crippen MR) is 83.6 cm³/mol. The summed E-state index contributed by atoms with van der Waals surface area (Å²) in [6.07, 6.45) is 0.891. The van der Waals surface area contributed by atoms with Crippen LogP contribution in [0.15, 0.2) is 10.1 Å². The molecule has 0 radical (unpaired) electrons. The lowest BCUT2D eigenvalue weighted by Crippen LogP contribution is -2.42. The smallest absolute Gasteiger partial charge is 0.306 e. The van der Waals surface area contributed by atoms with E-state index in [1.165, 1.54) is 0 Å². The van der Waals surface area contributed by atoms with Crippen LogP contribution in [0.25, 0.3) is 0 Å². The van der Waals surface area contributed by atoms with Gasteiger partial charge in [0, 0.05) is 17.3 Å². The molecule has 0 spiro atoms. The Labute approximate surface area is 124 Å². The van der Waals surface area contributed by atoms with E-state index >= 15 is 0 Å². The average molecular weight is 350 g/mol. The van der Waals surface area contributed by atoms with Gasteiger partial charge >= 0.3 is 5.97 Å². The molecule has 1 unspecified atom stereocenters. The molecule has 0 aliphatic carbocycles. The zero-order valence-electron chi connectivity index (χ0n) is 12.4. The fraction of sp³-hybridized carbons (Fsp3) is 0.692. The van der Waals surface area contributed by atoms with E-state index in [1.807, 2.05) is 13.8 Å². The number of carbonyl (C=O) groups excluding carboxylic acids is 2. The summed E-state index contributed by atoms with van der Waals surface area (Å²) >= 11 is 3.53. The molecule has 0 fully saturated rings. The number of primary amides is 1. The Bertz CT molecular complexity index is 371. The number of rotatable bonds is 7. The van der Waals surface area contributed by atoms with E-state index in [-0.39, 0.29) is 30.4 Å². The van der Waals surface area contributed by atoms with E-state index in [0.29, 0.717) is 6.42 Å². The minimum absolute atomic E-state index is 0.182. The van der Waals surface area contributed by atoms with Crippen molar-refractivity contribution in [2.45, 2.75) is 58.5 Å². The van der Waals surface area contributed by atoms with Crippen molar-refractivity contribution in [2.24, 2.45) is 5.73 Å². The number of carbonyl (C=O) groups is 2. The zero-order valence-corrected chi connectivity index (χ0v) is 15.0. The Morgan fingerprint density at radius 1 is 1.21 bits per heavy atom. The Morgan fingerprint density at radius 2 is 1.74 bits per heavy atom. The van der Waals surface area contributed by atoms with Gasteiger partial charge in [-0.25, -0.2) is 0 Å². The lowest BCUT2D eigenvalue weighted by atomic mass is 10.2. The van der Waals surface area contributed by atoms with Crippen molar-refractivity contribution in [1.29, 1.82) is 0 Å². The van der Waals surface area contributed by atoms with Crippen LogP contribution in [0.2, 0.25) is 19.6 Å². The van der Waals surface area contributed by atoms with Gasteiger partial charge < -0.3 is 10.5 Å². The summed E-state index contributed by atoms with van der Waals surface area (Å²) in [5, 5.41) is 0. The van der Waals surface area contributed by atoms with Gasteiger partial charge in [-0.1, -0.05) is 41.1 Å². The first-order chi connectivity index (χ1) is 8.55. The predicted octanol–water partition coefficient (Wildman–Crippen LogP) is 3.12. The van der Waals surface area contributed by atoms with Crippen LogP contribution in [-0.2, 0) is 14.3 Å². The average Bonchev–Trinajstić information content (AvgIpc) is 2.22. The summed E-state index contributed by atoms with van der Waals surface area (Å²) in [7, 11) is -1.68. The molecule has 0 aliphatic heterocycles. The second kappa shape index (κ2) is 7.84. The molecule has 4 nitrogen and oxygen atoms in total. The van der Waals surface area contributed by atoms with Crippen molar-refractivity contribution >= 4 is 35.9 Å². The van der Waals surface area contributed by atoms with E-state index in [1.54, 1.807) is 0 Å². The maximum atomic E-state index is 11.8. The molecule has 0 aromatic carbocycles. The molecule has 1 atom stereocenters. The van der Waals surface area contributed by atoms with E-state index in [9.17, 15) is 9.59 Å². The molecule has 0 aliphatic rings. The molecule has 110 valence electrons. The van der Waals surface area contributed by atoms with Crippen LogP contribution in [0.1, 0.15) is 33.1 Å². The van der Waals surface area contributed by atoms with Crippen molar-refractivity contribution in [3.8, 4) is 0 Å². The fourth-order valence-electron chi connectivity index (χ4n) is 1.47. The SMILES string of the molecule is CC(C)=C(Br)C(OC(=O)CCCC(N)=O)[Si](C)(C)C. The van der Waals surface area contributed by atoms with Gasteiger partial charge in [0.2, 0.25) is 5.91 Å². The highest BCUT2D eigenvalue weighted by atomic mass is 79.9. The Hall–Kier alpha value is -0.623.